The van der Waals surface area contributed by atoms with Gasteiger partial charge in [-0.05, 0) is 50.7 Å². The van der Waals surface area contributed by atoms with Gasteiger partial charge in [-0.2, -0.15) is 0 Å². The Balaban J connectivity index is 2.68. The van der Waals surface area contributed by atoms with Gasteiger partial charge in [0.05, 0.1) is 5.41 Å². The molecule has 0 saturated carbocycles. The number of benzene rings is 2. The summed E-state index contributed by atoms with van der Waals surface area (Å²) in [4.78, 5) is 15.3. The molecular weight excluding hydrogens is 301 g/mol. The van der Waals surface area contributed by atoms with Crippen molar-refractivity contribution >= 4 is 5.78 Å². The molecule has 0 spiro atoms. The standard InChI is InChI=1S/C21H26FNO/c1-5-20(24)21(15-16(2)23(3)4,17-9-7-6-8-10-17)18-11-13-19(22)14-12-18/h6-14,16H,5,15H2,1-4H3. The zero-order valence-corrected chi connectivity index (χ0v) is 14.9. The average Bonchev–Trinajstić information content (AvgIpc) is 2.60. The third-order valence-corrected chi connectivity index (χ3v) is 4.88. The normalized spacial score (nSPS) is 15.1. The lowest BCUT2D eigenvalue weighted by molar-refractivity contribution is -0.123. The molecule has 0 aliphatic heterocycles. The highest BCUT2D eigenvalue weighted by Gasteiger charge is 2.41. The van der Waals surface area contributed by atoms with Gasteiger partial charge in [0, 0.05) is 12.5 Å². The molecule has 0 saturated heterocycles. The van der Waals surface area contributed by atoms with Crippen LogP contribution in [-0.2, 0) is 10.2 Å². The monoisotopic (exact) mass is 327 g/mol. The number of hydrogen-bond acceptors (Lipinski definition) is 2. The van der Waals surface area contributed by atoms with E-state index in [-0.39, 0.29) is 17.6 Å². The van der Waals surface area contributed by atoms with Crippen molar-refractivity contribution in [3.63, 3.8) is 0 Å². The van der Waals surface area contributed by atoms with Crippen LogP contribution in [0.2, 0.25) is 0 Å². The molecule has 2 unspecified atom stereocenters. The predicted octanol–water partition coefficient (Wildman–Crippen LogP) is 4.43. The quantitative estimate of drug-likeness (QED) is 0.750. The van der Waals surface area contributed by atoms with Crippen molar-refractivity contribution in [1.82, 2.24) is 4.90 Å². The molecule has 0 aliphatic rings. The SMILES string of the molecule is CCC(=O)C(CC(C)N(C)C)(c1ccccc1)c1ccc(F)cc1. The first-order valence-electron chi connectivity index (χ1n) is 8.43. The fourth-order valence-electron chi connectivity index (χ4n) is 3.22. The second-order valence-electron chi connectivity index (χ2n) is 6.57. The topological polar surface area (TPSA) is 20.3 Å². The van der Waals surface area contributed by atoms with Crippen LogP contribution >= 0.6 is 0 Å². The van der Waals surface area contributed by atoms with Gasteiger partial charge in [-0.15, -0.1) is 0 Å². The van der Waals surface area contributed by atoms with E-state index in [2.05, 4.69) is 11.8 Å². The predicted molar refractivity (Wildman–Crippen MR) is 96.7 cm³/mol. The maximum Gasteiger partial charge on any atom is 0.147 e. The molecule has 0 fully saturated rings. The highest BCUT2D eigenvalue weighted by Crippen LogP contribution is 2.39. The second kappa shape index (κ2) is 7.71. The molecule has 2 rings (SSSR count). The van der Waals surface area contributed by atoms with Crippen molar-refractivity contribution in [1.29, 1.82) is 0 Å². The molecule has 2 aromatic rings. The van der Waals surface area contributed by atoms with E-state index in [4.69, 9.17) is 0 Å². The van der Waals surface area contributed by atoms with Crippen molar-refractivity contribution < 1.29 is 9.18 Å². The summed E-state index contributed by atoms with van der Waals surface area (Å²) in [7, 11) is 4.03. The molecular formula is C21H26FNO. The smallest absolute Gasteiger partial charge is 0.147 e. The van der Waals surface area contributed by atoms with Gasteiger partial charge in [-0.25, -0.2) is 4.39 Å². The van der Waals surface area contributed by atoms with Gasteiger partial charge >= 0.3 is 0 Å². The summed E-state index contributed by atoms with van der Waals surface area (Å²) in [6.45, 7) is 4.01. The molecule has 2 atom stereocenters. The third-order valence-electron chi connectivity index (χ3n) is 4.88. The van der Waals surface area contributed by atoms with E-state index in [1.807, 2.05) is 51.4 Å². The molecule has 24 heavy (non-hydrogen) atoms. The van der Waals surface area contributed by atoms with Crippen LogP contribution in [0.15, 0.2) is 54.6 Å². The molecule has 0 bridgehead atoms. The molecule has 0 radical (unpaired) electrons. The first-order chi connectivity index (χ1) is 11.4. The van der Waals surface area contributed by atoms with E-state index in [1.54, 1.807) is 12.1 Å². The highest BCUT2D eigenvalue weighted by molar-refractivity contribution is 5.93. The van der Waals surface area contributed by atoms with Gasteiger partial charge in [0.1, 0.15) is 11.6 Å². The molecule has 128 valence electrons. The van der Waals surface area contributed by atoms with E-state index < -0.39 is 5.41 Å². The minimum Gasteiger partial charge on any atom is -0.307 e. The number of rotatable bonds is 7. The number of hydrogen-bond donors (Lipinski definition) is 0. The summed E-state index contributed by atoms with van der Waals surface area (Å²) in [6, 6.07) is 16.4. The number of halogens is 1. The summed E-state index contributed by atoms with van der Waals surface area (Å²) in [5.74, 6) is -0.126. The summed E-state index contributed by atoms with van der Waals surface area (Å²) in [5.41, 5.74) is 1.07. The Morgan fingerprint density at radius 3 is 2.08 bits per heavy atom. The van der Waals surface area contributed by atoms with Crippen molar-refractivity contribution in [2.75, 3.05) is 14.1 Å². The first-order valence-corrected chi connectivity index (χ1v) is 8.43. The first kappa shape index (κ1) is 18.3. The van der Waals surface area contributed by atoms with Crippen LogP contribution < -0.4 is 0 Å². The molecule has 0 aromatic heterocycles. The van der Waals surface area contributed by atoms with Crippen molar-refractivity contribution in [3.8, 4) is 0 Å². The lowest BCUT2D eigenvalue weighted by Gasteiger charge is -2.37. The Kier molecular flexibility index (Phi) is 5.89. The van der Waals surface area contributed by atoms with Gasteiger partial charge in [0.25, 0.3) is 0 Å². The summed E-state index contributed by atoms with van der Waals surface area (Å²) < 4.78 is 13.5. The summed E-state index contributed by atoms with van der Waals surface area (Å²) in [6.07, 6.45) is 1.09. The van der Waals surface area contributed by atoms with Crippen LogP contribution in [-0.4, -0.2) is 30.8 Å². The number of carbonyl (C=O) groups is 1. The molecule has 0 amide bonds. The van der Waals surface area contributed by atoms with E-state index >= 15 is 0 Å². The number of nitrogens with zero attached hydrogens (tertiary/aromatic N) is 1. The lowest BCUT2D eigenvalue weighted by Crippen LogP contribution is -2.43. The number of Topliss-reactive ketones (excluding diaryl/α,β-unsaturated/α-hetero) is 1. The van der Waals surface area contributed by atoms with E-state index in [1.165, 1.54) is 12.1 Å². The molecule has 2 aromatic carbocycles. The van der Waals surface area contributed by atoms with Crippen molar-refractivity contribution in [2.24, 2.45) is 0 Å². The highest BCUT2D eigenvalue weighted by atomic mass is 19.1. The Morgan fingerprint density at radius 1 is 1.04 bits per heavy atom. The molecule has 3 heteroatoms. The summed E-state index contributed by atoms with van der Waals surface area (Å²) in [5, 5.41) is 0. The molecule has 0 aliphatic carbocycles. The maximum absolute atomic E-state index is 13.5. The maximum atomic E-state index is 13.5. The van der Waals surface area contributed by atoms with E-state index in [0.717, 1.165) is 11.1 Å². The van der Waals surface area contributed by atoms with Crippen LogP contribution in [0.5, 0.6) is 0 Å². The van der Waals surface area contributed by atoms with Gasteiger partial charge < -0.3 is 4.90 Å². The second-order valence-corrected chi connectivity index (χ2v) is 6.57. The fourth-order valence-corrected chi connectivity index (χ4v) is 3.22. The van der Waals surface area contributed by atoms with Crippen LogP contribution in [0, 0.1) is 5.82 Å². The summed E-state index contributed by atoms with van der Waals surface area (Å²) >= 11 is 0. The Labute approximate surface area is 144 Å². The minimum absolute atomic E-state index is 0.161. The van der Waals surface area contributed by atoms with Gasteiger partial charge in [0.15, 0.2) is 0 Å². The van der Waals surface area contributed by atoms with Crippen LogP contribution in [0.25, 0.3) is 0 Å². The van der Waals surface area contributed by atoms with Gasteiger partial charge in [-0.3, -0.25) is 4.79 Å². The van der Waals surface area contributed by atoms with Crippen LogP contribution in [0.3, 0.4) is 0 Å². The zero-order chi connectivity index (χ0) is 17.7. The number of ketones is 1. The molecule has 0 N–H and O–H groups in total. The van der Waals surface area contributed by atoms with E-state index in [0.29, 0.717) is 12.8 Å². The Hall–Kier alpha value is -2.00. The van der Waals surface area contributed by atoms with E-state index in [9.17, 15) is 9.18 Å². The fraction of sp³-hybridized carbons (Fsp3) is 0.381. The molecule has 2 nitrogen and oxygen atoms in total. The lowest BCUT2D eigenvalue weighted by atomic mass is 9.67. The van der Waals surface area contributed by atoms with Gasteiger partial charge in [0.2, 0.25) is 0 Å². The largest absolute Gasteiger partial charge is 0.307 e. The van der Waals surface area contributed by atoms with Gasteiger partial charge in [-0.1, -0.05) is 49.4 Å². The zero-order valence-electron chi connectivity index (χ0n) is 14.9. The minimum atomic E-state index is -0.757. The Bertz CT molecular complexity index is 666. The molecule has 0 heterocycles. The van der Waals surface area contributed by atoms with Crippen molar-refractivity contribution in [3.05, 3.63) is 71.5 Å². The number of carbonyl (C=O) groups excluding carboxylic acids is 1. The third kappa shape index (κ3) is 3.57. The van der Waals surface area contributed by atoms with Crippen LogP contribution in [0.4, 0.5) is 4.39 Å². The Morgan fingerprint density at radius 2 is 1.58 bits per heavy atom. The van der Waals surface area contributed by atoms with Crippen molar-refractivity contribution in [2.45, 2.75) is 38.1 Å². The average molecular weight is 327 g/mol. The van der Waals surface area contributed by atoms with Crippen LogP contribution in [0.1, 0.15) is 37.8 Å².